The molecule has 294 valence electrons. The minimum absolute atomic E-state index is 0.222. The molecule has 0 saturated carbocycles. The van der Waals surface area contributed by atoms with E-state index in [0.29, 0.717) is 0 Å². The Morgan fingerprint density at radius 3 is 2.02 bits per heavy atom. The van der Waals surface area contributed by atoms with Crippen LogP contribution in [0.1, 0.15) is 18.4 Å². The van der Waals surface area contributed by atoms with E-state index < -0.39 is 0 Å². The number of allylic oxidation sites excluding steroid dienone is 2. The van der Waals surface area contributed by atoms with Crippen LogP contribution in [0.15, 0.2) is 231 Å². The SMILES string of the molecule is CC12C=CC=CC1c1cccc(-c3cccc(N(c4ccccc4-c4cccc5cccc(-c6ccccc6)c45)c4cccc5sc6ccccc6c45)c3)c1N2c1ccccc1. The van der Waals surface area contributed by atoms with Gasteiger partial charge >= 0.3 is 0 Å². The molecule has 1 aliphatic carbocycles. The Morgan fingerprint density at radius 1 is 0.500 bits per heavy atom. The van der Waals surface area contributed by atoms with Gasteiger partial charge in [-0.3, -0.25) is 0 Å². The van der Waals surface area contributed by atoms with Gasteiger partial charge in [0, 0.05) is 48.6 Å². The topological polar surface area (TPSA) is 6.48 Å². The first-order valence-electron chi connectivity index (χ1n) is 21.5. The summed E-state index contributed by atoms with van der Waals surface area (Å²) in [6.07, 6.45) is 9.18. The Balaban J connectivity index is 1.11. The van der Waals surface area contributed by atoms with Gasteiger partial charge in [0.25, 0.3) is 0 Å². The van der Waals surface area contributed by atoms with E-state index in [9.17, 15) is 0 Å². The van der Waals surface area contributed by atoms with Crippen molar-refractivity contribution in [3.05, 3.63) is 236 Å². The third kappa shape index (κ3) is 5.70. The fourth-order valence-electron chi connectivity index (χ4n) is 10.4. The van der Waals surface area contributed by atoms with Crippen molar-refractivity contribution in [3.63, 3.8) is 0 Å². The zero-order valence-electron chi connectivity index (χ0n) is 34.3. The van der Waals surface area contributed by atoms with Crippen LogP contribution in [0.25, 0.3) is 64.3 Å². The lowest BCUT2D eigenvalue weighted by Gasteiger charge is -2.39. The second kappa shape index (κ2) is 14.6. The van der Waals surface area contributed by atoms with Gasteiger partial charge in [-0.25, -0.2) is 0 Å². The molecular weight excluding hydrogens is 769 g/mol. The van der Waals surface area contributed by atoms with Crippen LogP contribution in [-0.4, -0.2) is 5.54 Å². The van der Waals surface area contributed by atoms with Crippen LogP contribution in [0.4, 0.5) is 28.4 Å². The molecule has 9 aromatic carbocycles. The van der Waals surface area contributed by atoms with Crippen LogP contribution >= 0.6 is 11.3 Å². The third-order valence-electron chi connectivity index (χ3n) is 13.1. The molecule has 0 N–H and O–H groups in total. The highest BCUT2D eigenvalue weighted by molar-refractivity contribution is 7.26. The highest BCUT2D eigenvalue weighted by Crippen LogP contribution is 2.57. The van der Waals surface area contributed by atoms with Crippen LogP contribution in [-0.2, 0) is 0 Å². The second-order valence-electron chi connectivity index (χ2n) is 16.6. The smallest absolute Gasteiger partial charge is 0.0712 e. The quantitative estimate of drug-likeness (QED) is 0.158. The van der Waals surface area contributed by atoms with Gasteiger partial charge in [-0.2, -0.15) is 0 Å². The van der Waals surface area contributed by atoms with E-state index in [-0.39, 0.29) is 11.5 Å². The van der Waals surface area contributed by atoms with Gasteiger partial charge < -0.3 is 9.80 Å². The molecule has 2 unspecified atom stereocenters. The third-order valence-corrected chi connectivity index (χ3v) is 14.2. The number of hydrogen-bond acceptors (Lipinski definition) is 3. The Hall–Kier alpha value is -7.46. The summed E-state index contributed by atoms with van der Waals surface area (Å²) >= 11 is 1.86. The molecule has 2 nitrogen and oxygen atoms in total. The largest absolute Gasteiger partial charge is 0.330 e. The summed E-state index contributed by atoms with van der Waals surface area (Å²) in [4.78, 5) is 5.10. The molecule has 0 radical (unpaired) electrons. The van der Waals surface area contributed by atoms with Crippen LogP contribution in [0.3, 0.4) is 0 Å². The molecule has 2 atom stereocenters. The maximum atomic E-state index is 2.57. The van der Waals surface area contributed by atoms with E-state index in [2.05, 4.69) is 247 Å². The molecule has 0 saturated heterocycles. The molecule has 12 rings (SSSR count). The van der Waals surface area contributed by atoms with Gasteiger partial charge in [-0.05, 0) is 94.0 Å². The minimum Gasteiger partial charge on any atom is -0.330 e. The Bertz CT molecular complexity index is 3390. The van der Waals surface area contributed by atoms with E-state index >= 15 is 0 Å². The Morgan fingerprint density at radius 2 is 1.15 bits per heavy atom. The van der Waals surface area contributed by atoms with Gasteiger partial charge in [0.05, 0.1) is 22.6 Å². The average Bonchev–Trinajstić information content (AvgIpc) is 3.85. The lowest BCUT2D eigenvalue weighted by atomic mass is 9.80. The van der Waals surface area contributed by atoms with E-state index in [1.807, 2.05) is 11.3 Å². The molecule has 2 aliphatic rings. The first-order valence-corrected chi connectivity index (χ1v) is 22.3. The van der Waals surface area contributed by atoms with Crippen molar-refractivity contribution in [2.45, 2.75) is 18.4 Å². The summed E-state index contributed by atoms with van der Waals surface area (Å²) < 4.78 is 2.56. The number of rotatable bonds is 7. The van der Waals surface area contributed by atoms with Crippen molar-refractivity contribution in [2.24, 2.45) is 0 Å². The Labute approximate surface area is 366 Å². The summed E-state index contributed by atoms with van der Waals surface area (Å²) in [5, 5.41) is 5.01. The average molecular weight is 811 g/mol. The van der Waals surface area contributed by atoms with Crippen molar-refractivity contribution in [1.82, 2.24) is 0 Å². The highest BCUT2D eigenvalue weighted by Gasteiger charge is 2.48. The van der Waals surface area contributed by atoms with E-state index in [1.54, 1.807) is 0 Å². The standard InChI is InChI=1S/C59H42N2S/c1-59-38-13-12-33-51(59)49-32-17-30-46(58(49)61(59)43-24-6-3-7-25-43)42-23-14-26-44(39-42)60(53-35-18-37-55-57(53)50-28-9-11-36-54(50)62-55)52-34-10-8-27-47(52)48-31-16-22-41-21-15-29-45(56(41)48)40-19-4-2-5-20-40/h2-39,51H,1H3. The number of para-hydroxylation sites is 3. The number of hydrogen-bond donors (Lipinski definition) is 0. The molecular formula is C59H42N2S. The molecule has 0 amide bonds. The van der Waals surface area contributed by atoms with Crippen molar-refractivity contribution in [1.29, 1.82) is 0 Å². The number of thiophene rings is 1. The molecule has 1 aromatic heterocycles. The maximum absolute atomic E-state index is 2.57. The maximum Gasteiger partial charge on any atom is 0.0712 e. The normalized spacial score (nSPS) is 16.5. The zero-order chi connectivity index (χ0) is 41.2. The summed E-state index contributed by atoms with van der Waals surface area (Å²) in [7, 11) is 0. The second-order valence-corrected chi connectivity index (χ2v) is 17.7. The summed E-state index contributed by atoms with van der Waals surface area (Å²) in [6.45, 7) is 2.38. The van der Waals surface area contributed by atoms with E-state index in [0.717, 1.165) is 17.1 Å². The molecule has 62 heavy (non-hydrogen) atoms. The summed E-state index contributed by atoms with van der Waals surface area (Å²) in [6, 6.07) is 75.9. The highest BCUT2D eigenvalue weighted by atomic mass is 32.1. The summed E-state index contributed by atoms with van der Waals surface area (Å²) in [5.41, 5.74) is 14.2. The Kier molecular flexibility index (Phi) is 8.58. The van der Waals surface area contributed by atoms with Crippen LogP contribution in [0, 0.1) is 0 Å². The lowest BCUT2D eigenvalue weighted by molar-refractivity contribution is 0.542. The first kappa shape index (κ1) is 36.4. The molecule has 0 fully saturated rings. The summed E-state index contributed by atoms with van der Waals surface area (Å²) in [5.74, 6) is 0.222. The number of benzene rings is 9. The van der Waals surface area contributed by atoms with Crippen molar-refractivity contribution >= 4 is 70.7 Å². The van der Waals surface area contributed by atoms with E-state index in [1.165, 1.54) is 81.3 Å². The van der Waals surface area contributed by atoms with Gasteiger partial charge in [-0.15, -0.1) is 11.3 Å². The molecule has 10 aromatic rings. The lowest BCUT2D eigenvalue weighted by Crippen LogP contribution is -2.42. The predicted molar refractivity (Wildman–Crippen MR) is 266 cm³/mol. The van der Waals surface area contributed by atoms with Crippen molar-refractivity contribution in [3.8, 4) is 33.4 Å². The molecule has 1 aliphatic heterocycles. The van der Waals surface area contributed by atoms with Crippen LogP contribution in [0.5, 0.6) is 0 Å². The van der Waals surface area contributed by atoms with Crippen molar-refractivity contribution in [2.75, 3.05) is 9.80 Å². The van der Waals surface area contributed by atoms with Gasteiger partial charge in [-0.1, -0.05) is 182 Å². The number of anilines is 5. The van der Waals surface area contributed by atoms with Gasteiger partial charge in [0.2, 0.25) is 0 Å². The predicted octanol–water partition coefficient (Wildman–Crippen LogP) is 16.8. The van der Waals surface area contributed by atoms with E-state index in [4.69, 9.17) is 0 Å². The van der Waals surface area contributed by atoms with Crippen LogP contribution in [0.2, 0.25) is 0 Å². The number of fused-ring (bicyclic) bond motifs is 7. The molecule has 2 heterocycles. The zero-order valence-corrected chi connectivity index (χ0v) is 35.1. The van der Waals surface area contributed by atoms with Crippen molar-refractivity contribution < 1.29 is 0 Å². The van der Waals surface area contributed by atoms with Gasteiger partial charge in [0.1, 0.15) is 0 Å². The fraction of sp³-hybridized carbons (Fsp3) is 0.0508. The molecule has 0 spiro atoms. The monoisotopic (exact) mass is 810 g/mol. The first-order chi connectivity index (χ1) is 30.7. The fourth-order valence-corrected chi connectivity index (χ4v) is 11.5. The minimum atomic E-state index is -0.246. The molecule has 3 heteroatoms. The number of nitrogens with zero attached hydrogens (tertiary/aromatic N) is 2. The molecule has 0 bridgehead atoms. The van der Waals surface area contributed by atoms with Gasteiger partial charge in [0.15, 0.2) is 0 Å². The van der Waals surface area contributed by atoms with Crippen LogP contribution < -0.4 is 9.80 Å².